The van der Waals surface area contributed by atoms with E-state index in [1.54, 1.807) is 13.2 Å². The van der Waals surface area contributed by atoms with Gasteiger partial charge in [0.25, 0.3) is 0 Å². The molecule has 1 amide bonds. The number of carbonyl (C=O) groups excluding carboxylic acids is 1. The second-order valence-corrected chi connectivity index (χ2v) is 5.12. The summed E-state index contributed by atoms with van der Waals surface area (Å²) in [5, 5.41) is 0. The molecule has 2 rings (SSSR count). The van der Waals surface area contributed by atoms with Crippen molar-refractivity contribution in [2.24, 2.45) is 0 Å². The zero-order chi connectivity index (χ0) is 15.1. The fourth-order valence-electron chi connectivity index (χ4n) is 2.33. The van der Waals surface area contributed by atoms with Gasteiger partial charge in [0, 0.05) is 19.2 Å². The van der Waals surface area contributed by atoms with Crippen LogP contribution < -0.4 is 9.47 Å². The van der Waals surface area contributed by atoms with Crippen molar-refractivity contribution in [3.8, 4) is 11.5 Å². The molecule has 0 unspecified atom stereocenters. The van der Waals surface area contributed by atoms with Gasteiger partial charge in [-0.3, -0.25) is 4.79 Å². The van der Waals surface area contributed by atoms with Crippen LogP contribution in [0, 0.1) is 0 Å². The molecule has 114 valence electrons. The molecule has 1 aliphatic rings. The minimum Gasteiger partial charge on any atom is -0.493 e. The summed E-state index contributed by atoms with van der Waals surface area (Å²) in [4.78, 5) is 13.8. The lowest BCUT2D eigenvalue weighted by Crippen LogP contribution is -2.25. The molecule has 0 aliphatic carbocycles. The van der Waals surface area contributed by atoms with E-state index in [1.165, 1.54) is 0 Å². The van der Waals surface area contributed by atoms with Gasteiger partial charge in [0.1, 0.15) is 0 Å². The topological polar surface area (TPSA) is 38.8 Å². The fraction of sp³-hybridized carbons (Fsp3) is 0.471. The molecule has 1 saturated heterocycles. The van der Waals surface area contributed by atoms with Crippen LogP contribution in [0.5, 0.6) is 11.5 Å². The molecule has 0 spiro atoms. The highest BCUT2D eigenvalue weighted by atomic mass is 16.5. The number of rotatable bonds is 6. The van der Waals surface area contributed by atoms with Gasteiger partial charge in [-0.25, -0.2) is 0 Å². The van der Waals surface area contributed by atoms with E-state index in [4.69, 9.17) is 9.47 Å². The Morgan fingerprint density at radius 2 is 2.05 bits per heavy atom. The molecule has 0 N–H and O–H groups in total. The van der Waals surface area contributed by atoms with E-state index in [1.807, 2.05) is 29.2 Å². The highest BCUT2D eigenvalue weighted by Crippen LogP contribution is 2.28. The average molecular weight is 289 g/mol. The molecular weight excluding hydrogens is 266 g/mol. The Morgan fingerprint density at radius 1 is 1.29 bits per heavy atom. The van der Waals surface area contributed by atoms with E-state index in [2.05, 4.69) is 6.92 Å². The van der Waals surface area contributed by atoms with Crippen LogP contribution in [0.4, 0.5) is 0 Å². The number of carbonyl (C=O) groups is 1. The molecule has 0 saturated carbocycles. The summed E-state index contributed by atoms with van der Waals surface area (Å²) in [7, 11) is 1.62. The summed E-state index contributed by atoms with van der Waals surface area (Å²) in [6.45, 7) is 4.47. The maximum absolute atomic E-state index is 12.0. The van der Waals surface area contributed by atoms with E-state index in [9.17, 15) is 4.79 Å². The molecule has 1 fully saturated rings. The lowest BCUT2D eigenvalue weighted by Gasteiger charge is -2.12. The van der Waals surface area contributed by atoms with Gasteiger partial charge in [0.2, 0.25) is 5.91 Å². The number of hydrogen-bond acceptors (Lipinski definition) is 3. The summed E-state index contributed by atoms with van der Waals surface area (Å²) in [6.07, 6.45) is 6.63. The molecule has 0 atom stereocenters. The zero-order valence-corrected chi connectivity index (χ0v) is 12.8. The molecule has 1 aromatic carbocycles. The molecule has 1 aliphatic heterocycles. The quantitative estimate of drug-likeness (QED) is 0.755. The third kappa shape index (κ3) is 4.25. The second-order valence-electron chi connectivity index (χ2n) is 5.12. The van der Waals surface area contributed by atoms with Crippen molar-refractivity contribution in [3.63, 3.8) is 0 Å². The van der Waals surface area contributed by atoms with E-state index < -0.39 is 0 Å². The Bertz CT molecular complexity index is 505. The van der Waals surface area contributed by atoms with Crippen LogP contribution in [-0.2, 0) is 4.79 Å². The van der Waals surface area contributed by atoms with Crippen LogP contribution in [-0.4, -0.2) is 37.6 Å². The predicted molar refractivity (Wildman–Crippen MR) is 83.6 cm³/mol. The number of ether oxygens (including phenoxy) is 2. The molecule has 4 nitrogen and oxygen atoms in total. The van der Waals surface area contributed by atoms with Crippen molar-refractivity contribution in [1.29, 1.82) is 0 Å². The zero-order valence-electron chi connectivity index (χ0n) is 12.8. The molecule has 0 aromatic heterocycles. The van der Waals surface area contributed by atoms with Crippen molar-refractivity contribution in [1.82, 2.24) is 4.90 Å². The predicted octanol–water partition coefficient (Wildman–Crippen LogP) is 3.12. The van der Waals surface area contributed by atoms with Crippen molar-refractivity contribution in [2.75, 3.05) is 26.8 Å². The lowest BCUT2D eigenvalue weighted by atomic mass is 10.2. The monoisotopic (exact) mass is 289 g/mol. The van der Waals surface area contributed by atoms with Crippen molar-refractivity contribution < 1.29 is 14.3 Å². The Morgan fingerprint density at radius 3 is 2.71 bits per heavy atom. The first-order valence-electron chi connectivity index (χ1n) is 7.52. The second kappa shape index (κ2) is 7.72. The summed E-state index contributed by atoms with van der Waals surface area (Å²) < 4.78 is 11.0. The molecule has 1 heterocycles. The minimum atomic E-state index is 0.0813. The molecular formula is C17H23NO3. The van der Waals surface area contributed by atoms with Gasteiger partial charge in [-0.2, -0.15) is 0 Å². The first-order valence-corrected chi connectivity index (χ1v) is 7.52. The Labute approximate surface area is 126 Å². The first-order chi connectivity index (χ1) is 10.2. The normalized spacial score (nSPS) is 14.7. The number of nitrogens with zero attached hydrogens (tertiary/aromatic N) is 1. The molecule has 0 bridgehead atoms. The third-order valence-corrected chi connectivity index (χ3v) is 3.49. The summed E-state index contributed by atoms with van der Waals surface area (Å²) in [5.74, 6) is 1.51. The maximum atomic E-state index is 12.0. The van der Waals surface area contributed by atoms with E-state index >= 15 is 0 Å². The Kier molecular flexibility index (Phi) is 5.67. The molecule has 21 heavy (non-hydrogen) atoms. The Hall–Kier alpha value is -1.97. The number of methoxy groups -OCH3 is 1. The van der Waals surface area contributed by atoms with Gasteiger partial charge in [-0.15, -0.1) is 0 Å². The highest BCUT2D eigenvalue weighted by Gasteiger charge is 2.15. The van der Waals surface area contributed by atoms with Gasteiger partial charge < -0.3 is 14.4 Å². The van der Waals surface area contributed by atoms with Gasteiger partial charge in [0.15, 0.2) is 11.5 Å². The summed E-state index contributed by atoms with van der Waals surface area (Å²) in [5.41, 5.74) is 0.934. The van der Waals surface area contributed by atoms with Crippen molar-refractivity contribution in [3.05, 3.63) is 29.8 Å². The largest absolute Gasteiger partial charge is 0.493 e. The van der Waals surface area contributed by atoms with Crippen molar-refractivity contribution >= 4 is 12.0 Å². The van der Waals surface area contributed by atoms with E-state index in [0.29, 0.717) is 12.4 Å². The fourth-order valence-corrected chi connectivity index (χ4v) is 2.33. The van der Waals surface area contributed by atoms with Gasteiger partial charge in [-0.05, 0) is 43.0 Å². The average Bonchev–Trinajstić information content (AvgIpc) is 3.05. The molecule has 0 radical (unpaired) electrons. The minimum absolute atomic E-state index is 0.0813. The van der Waals surface area contributed by atoms with Crippen LogP contribution in [0.15, 0.2) is 24.3 Å². The molecule has 1 aromatic rings. The van der Waals surface area contributed by atoms with Crippen LogP contribution in [0.1, 0.15) is 31.7 Å². The number of likely N-dealkylation sites (tertiary alicyclic amines) is 1. The number of amides is 1. The molecule has 4 heteroatoms. The van der Waals surface area contributed by atoms with Gasteiger partial charge in [0.05, 0.1) is 13.7 Å². The van der Waals surface area contributed by atoms with Gasteiger partial charge >= 0.3 is 0 Å². The maximum Gasteiger partial charge on any atom is 0.246 e. The highest BCUT2D eigenvalue weighted by molar-refractivity contribution is 5.92. The summed E-state index contributed by atoms with van der Waals surface area (Å²) >= 11 is 0. The smallest absolute Gasteiger partial charge is 0.246 e. The summed E-state index contributed by atoms with van der Waals surface area (Å²) in [6, 6.07) is 5.70. The van der Waals surface area contributed by atoms with Crippen LogP contribution in [0.25, 0.3) is 6.08 Å². The van der Waals surface area contributed by atoms with Crippen LogP contribution in [0.3, 0.4) is 0 Å². The standard InChI is InChI=1S/C17H23NO3/c1-3-12-21-15-8-6-14(13-16(15)20-2)7-9-17(19)18-10-4-5-11-18/h6-9,13H,3-5,10-12H2,1-2H3/b9-7+. The number of hydrogen-bond donors (Lipinski definition) is 0. The van der Waals surface area contributed by atoms with Crippen LogP contribution in [0.2, 0.25) is 0 Å². The van der Waals surface area contributed by atoms with E-state index in [0.717, 1.165) is 43.7 Å². The number of benzene rings is 1. The van der Waals surface area contributed by atoms with E-state index in [-0.39, 0.29) is 5.91 Å². The van der Waals surface area contributed by atoms with Crippen LogP contribution >= 0.6 is 0 Å². The van der Waals surface area contributed by atoms with Crippen molar-refractivity contribution in [2.45, 2.75) is 26.2 Å². The SMILES string of the molecule is CCCOc1ccc(/C=C/C(=O)N2CCCC2)cc1OC. The lowest BCUT2D eigenvalue weighted by molar-refractivity contribution is -0.124. The Balaban J connectivity index is 2.04. The third-order valence-electron chi connectivity index (χ3n) is 3.49. The first kappa shape index (κ1) is 15.4. The van der Waals surface area contributed by atoms with Gasteiger partial charge in [-0.1, -0.05) is 13.0 Å².